The van der Waals surface area contributed by atoms with Crippen molar-refractivity contribution in [2.24, 2.45) is 0 Å². The van der Waals surface area contributed by atoms with Crippen LogP contribution in [0.3, 0.4) is 0 Å². The zero-order valence-corrected chi connectivity index (χ0v) is 14.0. The van der Waals surface area contributed by atoms with Crippen LogP contribution in [0.1, 0.15) is 22.1 Å². The Hall–Kier alpha value is -1.19. The van der Waals surface area contributed by atoms with Gasteiger partial charge in [-0.3, -0.25) is 0 Å². The molecular formula is C16H16BrClO2. The fraction of sp³-hybridized carbons (Fsp3) is 0.250. The molecule has 2 nitrogen and oxygen atoms in total. The van der Waals surface area contributed by atoms with E-state index in [4.69, 9.17) is 21.1 Å². The lowest BCUT2D eigenvalue weighted by Crippen LogP contribution is -1.99. The molecular weight excluding hydrogens is 340 g/mol. The third kappa shape index (κ3) is 3.10. The molecule has 0 aliphatic rings. The maximum Gasteiger partial charge on any atom is 0.133 e. The molecule has 106 valence electrons. The van der Waals surface area contributed by atoms with Crippen molar-refractivity contribution in [3.63, 3.8) is 0 Å². The molecule has 0 heterocycles. The van der Waals surface area contributed by atoms with Crippen LogP contribution in [0, 0.1) is 6.92 Å². The van der Waals surface area contributed by atoms with Crippen molar-refractivity contribution >= 4 is 27.5 Å². The number of rotatable bonds is 4. The van der Waals surface area contributed by atoms with Crippen LogP contribution in [0.5, 0.6) is 11.5 Å². The maximum absolute atomic E-state index is 6.62. The molecule has 1 atom stereocenters. The van der Waals surface area contributed by atoms with Gasteiger partial charge in [0, 0.05) is 5.56 Å². The van der Waals surface area contributed by atoms with Gasteiger partial charge in [-0.25, -0.2) is 0 Å². The molecule has 2 rings (SSSR count). The summed E-state index contributed by atoms with van der Waals surface area (Å²) in [5.41, 5.74) is 3.10. The summed E-state index contributed by atoms with van der Waals surface area (Å²) in [6.45, 7) is 2.05. The first-order valence-corrected chi connectivity index (χ1v) is 7.41. The fourth-order valence-corrected chi connectivity index (χ4v) is 2.88. The van der Waals surface area contributed by atoms with E-state index in [1.807, 2.05) is 37.3 Å². The maximum atomic E-state index is 6.62. The molecule has 0 fully saturated rings. The molecule has 2 aromatic carbocycles. The third-order valence-electron chi connectivity index (χ3n) is 3.11. The number of aryl methyl sites for hydroxylation is 1. The minimum atomic E-state index is -0.285. The lowest BCUT2D eigenvalue weighted by atomic mass is 10.0. The van der Waals surface area contributed by atoms with Crippen LogP contribution in [0.15, 0.2) is 40.9 Å². The summed E-state index contributed by atoms with van der Waals surface area (Å²) in [5, 5.41) is -0.285. The van der Waals surface area contributed by atoms with Gasteiger partial charge in [-0.1, -0.05) is 29.8 Å². The fourth-order valence-electron chi connectivity index (χ4n) is 2.09. The topological polar surface area (TPSA) is 18.5 Å². The molecule has 0 N–H and O–H groups in total. The van der Waals surface area contributed by atoms with Crippen LogP contribution < -0.4 is 9.47 Å². The van der Waals surface area contributed by atoms with Crippen molar-refractivity contribution in [2.45, 2.75) is 12.3 Å². The van der Waals surface area contributed by atoms with Crippen molar-refractivity contribution in [3.8, 4) is 11.5 Å². The highest BCUT2D eigenvalue weighted by Gasteiger charge is 2.18. The van der Waals surface area contributed by atoms with Crippen LogP contribution in [-0.2, 0) is 0 Å². The predicted molar refractivity (Wildman–Crippen MR) is 86.1 cm³/mol. The Bertz CT molecular complexity index is 613. The molecule has 0 saturated heterocycles. The van der Waals surface area contributed by atoms with E-state index < -0.39 is 0 Å². The van der Waals surface area contributed by atoms with Crippen molar-refractivity contribution in [1.82, 2.24) is 0 Å². The zero-order valence-electron chi connectivity index (χ0n) is 11.6. The highest BCUT2D eigenvalue weighted by Crippen LogP contribution is 2.40. The molecule has 20 heavy (non-hydrogen) atoms. The number of ether oxygens (including phenoxy) is 2. The highest BCUT2D eigenvalue weighted by atomic mass is 79.9. The van der Waals surface area contributed by atoms with Gasteiger partial charge in [0.2, 0.25) is 0 Å². The van der Waals surface area contributed by atoms with E-state index in [2.05, 4.69) is 22.0 Å². The van der Waals surface area contributed by atoms with Crippen molar-refractivity contribution in [1.29, 1.82) is 0 Å². The van der Waals surface area contributed by atoms with Gasteiger partial charge in [-0.2, -0.15) is 0 Å². The molecule has 0 aliphatic carbocycles. The quantitative estimate of drug-likeness (QED) is 0.710. The number of benzene rings is 2. The van der Waals surface area contributed by atoms with Crippen molar-refractivity contribution in [2.75, 3.05) is 14.2 Å². The predicted octanol–water partition coefficient (Wildman–Crippen LogP) is 5.10. The van der Waals surface area contributed by atoms with E-state index in [1.165, 1.54) is 5.56 Å². The lowest BCUT2D eigenvalue weighted by Gasteiger charge is -2.17. The van der Waals surface area contributed by atoms with Gasteiger partial charge in [0.15, 0.2) is 0 Å². The Morgan fingerprint density at radius 1 is 1.05 bits per heavy atom. The second kappa shape index (κ2) is 6.51. The normalized spacial score (nSPS) is 12.1. The Morgan fingerprint density at radius 3 is 2.35 bits per heavy atom. The molecule has 0 aliphatic heterocycles. The first-order chi connectivity index (χ1) is 9.56. The van der Waals surface area contributed by atoms with E-state index in [-0.39, 0.29) is 5.38 Å². The number of hydrogen-bond acceptors (Lipinski definition) is 2. The van der Waals surface area contributed by atoms with Crippen LogP contribution in [0.2, 0.25) is 0 Å². The summed E-state index contributed by atoms with van der Waals surface area (Å²) in [6.07, 6.45) is 0. The summed E-state index contributed by atoms with van der Waals surface area (Å²) in [5.74, 6) is 1.47. The summed E-state index contributed by atoms with van der Waals surface area (Å²) in [7, 11) is 3.27. The minimum absolute atomic E-state index is 0.285. The molecule has 0 amide bonds. The summed E-state index contributed by atoms with van der Waals surface area (Å²) in [6, 6.07) is 11.9. The molecule has 4 heteroatoms. The van der Waals surface area contributed by atoms with Crippen molar-refractivity contribution in [3.05, 3.63) is 57.6 Å². The van der Waals surface area contributed by atoms with E-state index in [0.717, 1.165) is 27.1 Å². The van der Waals surface area contributed by atoms with Crippen LogP contribution >= 0.6 is 27.5 Å². The number of alkyl halides is 1. The van der Waals surface area contributed by atoms with Gasteiger partial charge in [0.05, 0.1) is 24.1 Å². The zero-order chi connectivity index (χ0) is 14.7. The van der Waals surface area contributed by atoms with E-state index in [1.54, 1.807) is 14.2 Å². The first-order valence-electron chi connectivity index (χ1n) is 6.19. The third-order valence-corrected chi connectivity index (χ3v) is 4.22. The monoisotopic (exact) mass is 354 g/mol. The van der Waals surface area contributed by atoms with Gasteiger partial charge in [0.25, 0.3) is 0 Å². The largest absolute Gasteiger partial charge is 0.496 e. The molecule has 0 radical (unpaired) electrons. The Balaban J connectivity index is 2.50. The smallest absolute Gasteiger partial charge is 0.133 e. The average Bonchev–Trinajstić information content (AvgIpc) is 2.46. The van der Waals surface area contributed by atoms with Crippen LogP contribution in [-0.4, -0.2) is 14.2 Å². The van der Waals surface area contributed by atoms with Gasteiger partial charge >= 0.3 is 0 Å². The average molecular weight is 356 g/mol. The van der Waals surface area contributed by atoms with Gasteiger partial charge < -0.3 is 9.47 Å². The molecule has 1 unspecified atom stereocenters. The Morgan fingerprint density at radius 2 is 1.75 bits per heavy atom. The van der Waals surface area contributed by atoms with E-state index >= 15 is 0 Å². The summed E-state index contributed by atoms with van der Waals surface area (Å²) in [4.78, 5) is 0. The molecule has 0 aromatic heterocycles. The Kier molecular flexibility index (Phi) is 4.95. The lowest BCUT2D eigenvalue weighted by molar-refractivity contribution is 0.397. The summed E-state index contributed by atoms with van der Waals surface area (Å²) < 4.78 is 11.6. The van der Waals surface area contributed by atoms with Gasteiger partial charge in [0.1, 0.15) is 11.5 Å². The van der Waals surface area contributed by atoms with Crippen LogP contribution in [0.25, 0.3) is 0 Å². The molecule has 0 spiro atoms. The molecule has 2 aromatic rings. The minimum Gasteiger partial charge on any atom is -0.496 e. The standard InChI is InChI=1S/C16H16BrClO2/c1-10-5-4-6-11(7-10)16(18)12-8-15(20-3)13(17)9-14(12)19-2/h4-9,16H,1-3H3. The Labute approximate surface area is 132 Å². The van der Waals surface area contributed by atoms with E-state index in [9.17, 15) is 0 Å². The second-order valence-electron chi connectivity index (χ2n) is 4.51. The number of methoxy groups -OCH3 is 2. The van der Waals surface area contributed by atoms with Crippen LogP contribution in [0.4, 0.5) is 0 Å². The van der Waals surface area contributed by atoms with Crippen molar-refractivity contribution < 1.29 is 9.47 Å². The highest BCUT2D eigenvalue weighted by molar-refractivity contribution is 9.10. The molecule has 0 saturated carbocycles. The SMILES string of the molecule is COc1cc(C(Cl)c2cccc(C)c2)c(OC)cc1Br. The molecule has 0 bridgehead atoms. The second-order valence-corrected chi connectivity index (χ2v) is 5.80. The number of halogens is 2. The van der Waals surface area contributed by atoms with Gasteiger partial charge in [-0.05, 0) is 40.5 Å². The first kappa shape index (κ1) is 15.2. The van der Waals surface area contributed by atoms with E-state index in [0.29, 0.717) is 0 Å². The number of hydrogen-bond donors (Lipinski definition) is 0. The van der Waals surface area contributed by atoms with Gasteiger partial charge in [-0.15, -0.1) is 11.6 Å². The summed E-state index contributed by atoms with van der Waals surface area (Å²) >= 11 is 10.1.